The molecule has 8 nitrogen and oxygen atoms in total. The first-order valence-corrected chi connectivity index (χ1v) is 9.18. The Bertz CT molecular complexity index is 928. The van der Waals surface area contributed by atoms with E-state index in [0.717, 1.165) is 11.3 Å². The van der Waals surface area contributed by atoms with E-state index < -0.39 is 11.9 Å². The molecule has 0 spiro atoms. The molecule has 0 unspecified atom stereocenters. The van der Waals surface area contributed by atoms with Crippen molar-refractivity contribution in [1.82, 2.24) is 5.32 Å². The van der Waals surface area contributed by atoms with Crippen molar-refractivity contribution < 1.29 is 23.9 Å². The average molecular weight is 401 g/mol. The van der Waals surface area contributed by atoms with Gasteiger partial charge in [0.1, 0.15) is 10.8 Å². The Balaban J connectivity index is 2.16. The van der Waals surface area contributed by atoms with Crippen LogP contribution in [-0.4, -0.2) is 38.0 Å². The number of anilines is 1. The fraction of sp³-hybridized carbons (Fsp3) is 0.263. The van der Waals surface area contributed by atoms with Crippen molar-refractivity contribution in [3.8, 4) is 11.8 Å². The number of nitriles is 1. The number of benzene rings is 1. The predicted molar refractivity (Wildman–Crippen MR) is 104 cm³/mol. The van der Waals surface area contributed by atoms with Crippen LogP contribution in [0.25, 0.3) is 0 Å². The van der Waals surface area contributed by atoms with Gasteiger partial charge < -0.3 is 20.1 Å². The highest BCUT2D eigenvalue weighted by Crippen LogP contribution is 2.33. The van der Waals surface area contributed by atoms with Gasteiger partial charge >= 0.3 is 5.97 Å². The lowest BCUT2D eigenvalue weighted by molar-refractivity contribution is -0.118. The molecule has 0 aliphatic rings. The minimum atomic E-state index is -0.616. The predicted octanol–water partition coefficient (Wildman–Crippen LogP) is 2.48. The number of amides is 2. The summed E-state index contributed by atoms with van der Waals surface area (Å²) in [6.45, 7) is 3.15. The van der Waals surface area contributed by atoms with E-state index in [9.17, 15) is 14.4 Å². The van der Waals surface area contributed by atoms with Crippen molar-refractivity contribution in [2.45, 2.75) is 13.8 Å². The van der Waals surface area contributed by atoms with Crippen molar-refractivity contribution in [2.75, 3.05) is 25.6 Å². The van der Waals surface area contributed by atoms with E-state index in [2.05, 4.69) is 10.6 Å². The maximum atomic E-state index is 12.3. The van der Waals surface area contributed by atoms with Gasteiger partial charge in [0.05, 0.1) is 28.7 Å². The highest BCUT2D eigenvalue weighted by atomic mass is 32.1. The second kappa shape index (κ2) is 9.53. The van der Waals surface area contributed by atoms with Crippen molar-refractivity contribution >= 4 is 34.1 Å². The summed E-state index contributed by atoms with van der Waals surface area (Å²) in [7, 11) is 1.48. The first kappa shape index (κ1) is 20.9. The maximum Gasteiger partial charge on any atom is 0.341 e. The van der Waals surface area contributed by atoms with Gasteiger partial charge in [0.2, 0.25) is 0 Å². The zero-order valence-electron chi connectivity index (χ0n) is 15.6. The van der Waals surface area contributed by atoms with Crippen LogP contribution < -0.4 is 15.4 Å². The highest BCUT2D eigenvalue weighted by molar-refractivity contribution is 7.18. The zero-order valence-corrected chi connectivity index (χ0v) is 16.4. The molecule has 1 aromatic heterocycles. The number of hydrogen-bond acceptors (Lipinski definition) is 7. The fourth-order valence-corrected chi connectivity index (χ4v) is 3.48. The largest absolute Gasteiger partial charge is 0.484 e. The summed E-state index contributed by atoms with van der Waals surface area (Å²) in [5, 5.41) is 14.1. The van der Waals surface area contributed by atoms with E-state index in [1.165, 1.54) is 7.05 Å². The van der Waals surface area contributed by atoms with Crippen LogP contribution in [0.4, 0.5) is 5.00 Å². The van der Waals surface area contributed by atoms with Crippen molar-refractivity contribution in [3.63, 3.8) is 0 Å². The van der Waals surface area contributed by atoms with Crippen molar-refractivity contribution in [3.05, 3.63) is 45.8 Å². The SMILES string of the molecule is CCOC(=O)c1c(NC(=O)COc2ccc(C#N)cc2)sc(C(=O)NC)c1C. The van der Waals surface area contributed by atoms with Crippen LogP contribution in [0.3, 0.4) is 0 Å². The highest BCUT2D eigenvalue weighted by Gasteiger charge is 2.26. The number of nitrogens with one attached hydrogen (secondary N) is 2. The third-order valence-corrected chi connectivity index (χ3v) is 4.87. The Morgan fingerprint density at radius 3 is 2.46 bits per heavy atom. The van der Waals surface area contributed by atoms with Gasteiger partial charge in [0.15, 0.2) is 6.61 Å². The lowest BCUT2D eigenvalue weighted by Crippen LogP contribution is -2.21. The second-order valence-corrected chi connectivity index (χ2v) is 6.55. The second-order valence-electron chi connectivity index (χ2n) is 5.53. The average Bonchev–Trinajstić information content (AvgIpc) is 3.02. The molecule has 28 heavy (non-hydrogen) atoms. The maximum absolute atomic E-state index is 12.3. The number of carbonyl (C=O) groups excluding carboxylic acids is 3. The Kier molecular flexibility index (Phi) is 7.12. The number of esters is 1. The molecule has 0 bridgehead atoms. The first-order chi connectivity index (χ1) is 13.4. The summed E-state index contributed by atoms with van der Waals surface area (Å²) in [4.78, 5) is 36.9. The molecular weight excluding hydrogens is 382 g/mol. The van der Waals surface area contributed by atoms with E-state index in [1.807, 2.05) is 6.07 Å². The number of nitrogens with zero attached hydrogens (tertiary/aromatic N) is 1. The van der Waals surface area contributed by atoms with Gasteiger partial charge in [0, 0.05) is 7.05 Å². The molecule has 0 aliphatic heterocycles. The van der Waals surface area contributed by atoms with Gasteiger partial charge in [-0.05, 0) is 43.7 Å². The molecule has 0 saturated heterocycles. The molecular formula is C19H19N3O5S. The smallest absolute Gasteiger partial charge is 0.341 e. The third kappa shape index (κ3) is 4.86. The topological polar surface area (TPSA) is 118 Å². The van der Waals surface area contributed by atoms with Crippen LogP contribution in [0.15, 0.2) is 24.3 Å². The normalized spacial score (nSPS) is 9.93. The van der Waals surface area contributed by atoms with Crippen molar-refractivity contribution in [2.24, 2.45) is 0 Å². The molecule has 9 heteroatoms. The molecule has 0 aliphatic carbocycles. The number of thiophene rings is 1. The van der Waals surface area contributed by atoms with Crippen LogP contribution >= 0.6 is 11.3 Å². The standard InChI is InChI=1S/C19H19N3O5S/c1-4-26-19(25)15-11(2)16(17(24)21-3)28-18(15)22-14(23)10-27-13-7-5-12(9-20)6-8-13/h5-8H,4,10H2,1-3H3,(H,21,24)(H,22,23). The van der Waals surface area contributed by atoms with E-state index in [-0.39, 0.29) is 29.7 Å². The molecule has 0 saturated carbocycles. The zero-order chi connectivity index (χ0) is 20.7. The van der Waals surface area contributed by atoms with Gasteiger partial charge in [-0.25, -0.2) is 4.79 Å². The van der Waals surface area contributed by atoms with E-state index >= 15 is 0 Å². The summed E-state index contributed by atoms with van der Waals surface area (Å²) in [5.41, 5.74) is 1.06. The lowest BCUT2D eigenvalue weighted by Gasteiger charge is -2.08. The van der Waals surface area contributed by atoms with Gasteiger partial charge in [-0.15, -0.1) is 11.3 Å². The third-order valence-electron chi connectivity index (χ3n) is 3.67. The van der Waals surface area contributed by atoms with Crippen molar-refractivity contribution in [1.29, 1.82) is 5.26 Å². The van der Waals surface area contributed by atoms with Gasteiger partial charge in [-0.1, -0.05) is 0 Å². The van der Waals surface area contributed by atoms with Gasteiger partial charge in [-0.2, -0.15) is 5.26 Å². The Labute approximate surface area is 166 Å². The van der Waals surface area contributed by atoms with Gasteiger partial charge in [-0.3, -0.25) is 9.59 Å². The molecule has 1 heterocycles. The molecule has 0 fully saturated rings. The number of hydrogen-bond donors (Lipinski definition) is 2. The Hall–Kier alpha value is -3.38. The quantitative estimate of drug-likeness (QED) is 0.688. The summed E-state index contributed by atoms with van der Waals surface area (Å²) < 4.78 is 10.4. The van der Waals surface area contributed by atoms with Gasteiger partial charge in [0.25, 0.3) is 11.8 Å². The minimum Gasteiger partial charge on any atom is -0.484 e. The van der Waals surface area contributed by atoms with E-state index in [0.29, 0.717) is 21.8 Å². The molecule has 146 valence electrons. The summed E-state index contributed by atoms with van der Waals surface area (Å²) >= 11 is 0.992. The lowest BCUT2D eigenvalue weighted by atomic mass is 10.1. The molecule has 2 amide bonds. The summed E-state index contributed by atoms with van der Waals surface area (Å²) in [6, 6.07) is 8.29. The monoisotopic (exact) mass is 401 g/mol. The Morgan fingerprint density at radius 2 is 1.89 bits per heavy atom. The molecule has 0 radical (unpaired) electrons. The number of rotatable bonds is 7. The molecule has 2 N–H and O–H groups in total. The molecule has 1 aromatic carbocycles. The molecule has 2 rings (SSSR count). The fourth-order valence-electron chi connectivity index (χ4n) is 2.32. The van der Waals surface area contributed by atoms with E-state index in [1.54, 1.807) is 38.1 Å². The number of carbonyl (C=O) groups is 3. The van der Waals surface area contributed by atoms with Crippen LogP contribution in [0.5, 0.6) is 5.75 Å². The van der Waals surface area contributed by atoms with E-state index in [4.69, 9.17) is 14.7 Å². The summed E-state index contributed by atoms with van der Waals surface area (Å²) in [5.74, 6) is -1.05. The van der Waals surface area contributed by atoms with Crippen LogP contribution in [0.2, 0.25) is 0 Å². The van der Waals surface area contributed by atoms with Crippen LogP contribution in [-0.2, 0) is 9.53 Å². The minimum absolute atomic E-state index is 0.150. The Morgan fingerprint density at radius 1 is 1.21 bits per heavy atom. The van der Waals surface area contributed by atoms with Crippen LogP contribution in [0.1, 0.15) is 38.1 Å². The first-order valence-electron chi connectivity index (χ1n) is 8.36. The summed E-state index contributed by atoms with van der Waals surface area (Å²) in [6.07, 6.45) is 0. The molecule has 2 aromatic rings. The number of ether oxygens (including phenoxy) is 2. The molecule has 0 atom stereocenters. The van der Waals surface area contributed by atoms with Crippen LogP contribution in [0, 0.1) is 18.3 Å².